The summed E-state index contributed by atoms with van der Waals surface area (Å²) >= 11 is 0. The molecule has 1 unspecified atom stereocenters. The molecule has 13 rings (SSSR count). The normalized spacial score (nSPS) is 14.8. The minimum absolute atomic E-state index is 0.526. The molecule has 11 aromatic rings. The number of hydrogen-bond donors (Lipinski definition) is 0. The van der Waals surface area contributed by atoms with Gasteiger partial charge in [0.25, 0.3) is 0 Å². The van der Waals surface area contributed by atoms with E-state index in [-0.39, 0.29) is 0 Å². The summed E-state index contributed by atoms with van der Waals surface area (Å²) in [5.74, 6) is 0.924. The van der Waals surface area contributed by atoms with Gasteiger partial charge in [-0.15, -0.1) is 0 Å². The Bertz CT molecular complexity index is 3480. The Morgan fingerprint density at radius 1 is 0.356 bits per heavy atom. The fourth-order valence-corrected chi connectivity index (χ4v) is 10.6. The first-order valence-corrected chi connectivity index (χ1v) is 20.4. The molecule has 0 saturated heterocycles. The molecule has 0 saturated carbocycles. The quantitative estimate of drug-likeness (QED) is 0.176. The zero-order valence-electron chi connectivity index (χ0n) is 32.0. The number of fused-ring (bicyclic) bond motifs is 13. The largest absolute Gasteiger partial charge is 0.309 e. The van der Waals surface area contributed by atoms with Crippen LogP contribution in [-0.2, 0) is 5.41 Å². The number of benzene rings is 9. The van der Waals surface area contributed by atoms with Crippen molar-refractivity contribution in [2.24, 2.45) is 0 Å². The Kier molecular flexibility index (Phi) is 6.65. The maximum absolute atomic E-state index is 5.24. The molecule has 1 aliphatic heterocycles. The summed E-state index contributed by atoms with van der Waals surface area (Å²) in [6.45, 7) is 0. The van der Waals surface area contributed by atoms with E-state index in [0.717, 1.165) is 28.1 Å². The summed E-state index contributed by atoms with van der Waals surface area (Å²) in [7, 11) is 0. The van der Waals surface area contributed by atoms with Crippen LogP contribution in [0.3, 0.4) is 0 Å². The standard InChI is InChI=1S/C56H35N3/c1-2-14-36(15-3-1)37-32-34-40(35-33-37)58-52-27-11-8-24-49(52)57-55(58)39-30-28-38(29-31-39)41-18-12-19-44-42-16-4-6-21-46(42)56(53(41)44)47-22-7-10-26-51(47)59-50-25-9-5-17-43(50)45-20-13-23-48(56)54(45)59/h1-35H. The van der Waals surface area contributed by atoms with Gasteiger partial charge in [-0.05, 0) is 92.0 Å². The Balaban J connectivity index is 1.02. The summed E-state index contributed by atoms with van der Waals surface area (Å²) in [5.41, 5.74) is 20.2. The third-order valence-corrected chi connectivity index (χ3v) is 13.0. The van der Waals surface area contributed by atoms with Crippen molar-refractivity contribution in [2.45, 2.75) is 5.41 Å². The summed E-state index contributed by atoms with van der Waals surface area (Å²) in [5, 5.41) is 2.57. The van der Waals surface area contributed by atoms with E-state index in [4.69, 9.17) is 4.98 Å². The average molecular weight is 750 g/mol. The highest BCUT2D eigenvalue weighted by molar-refractivity contribution is 6.13. The molecule has 0 radical (unpaired) electrons. The Labute approximate surface area is 341 Å². The van der Waals surface area contributed by atoms with Gasteiger partial charge in [0.1, 0.15) is 5.82 Å². The third-order valence-electron chi connectivity index (χ3n) is 13.0. The average Bonchev–Trinajstić information content (AvgIpc) is 3.96. The first-order valence-electron chi connectivity index (χ1n) is 20.4. The molecule has 0 N–H and O–H groups in total. The second-order valence-electron chi connectivity index (χ2n) is 15.8. The van der Waals surface area contributed by atoms with Crippen LogP contribution >= 0.6 is 0 Å². The molecule has 9 aromatic carbocycles. The highest BCUT2D eigenvalue weighted by Gasteiger charge is 2.51. The van der Waals surface area contributed by atoms with Crippen molar-refractivity contribution in [1.29, 1.82) is 0 Å². The molecule has 0 fully saturated rings. The molecule has 2 aromatic heterocycles. The summed E-state index contributed by atoms with van der Waals surface area (Å²) in [6, 6.07) is 77.9. The van der Waals surface area contributed by atoms with Crippen molar-refractivity contribution >= 4 is 32.8 Å². The minimum Gasteiger partial charge on any atom is -0.309 e. The van der Waals surface area contributed by atoms with Crippen LogP contribution in [0.5, 0.6) is 0 Å². The fraction of sp³-hybridized carbons (Fsp3) is 0.0179. The van der Waals surface area contributed by atoms with Crippen LogP contribution in [0, 0.1) is 0 Å². The van der Waals surface area contributed by atoms with Gasteiger partial charge in [0.2, 0.25) is 0 Å². The lowest BCUT2D eigenvalue weighted by Crippen LogP contribution is -2.34. The lowest BCUT2D eigenvalue weighted by Gasteiger charge is -2.40. The van der Waals surface area contributed by atoms with Crippen LogP contribution in [0.2, 0.25) is 0 Å². The summed E-state index contributed by atoms with van der Waals surface area (Å²) in [6.07, 6.45) is 0. The third kappa shape index (κ3) is 4.34. The van der Waals surface area contributed by atoms with E-state index < -0.39 is 5.41 Å². The number of hydrogen-bond acceptors (Lipinski definition) is 1. The fourth-order valence-electron chi connectivity index (χ4n) is 10.6. The first kappa shape index (κ1) is 32.3. The number of rotatable bonds is 4. The smallest absolute Gasteiger partial charge is 0.145 e. The van der Waals surface area contributed by atoms with Gasteiger partial charge >= 0.3 is 0 Å². The van der Waals surface area contributed by atoms with Gasteiger partial charge in [-0.2, -0.15) is 0 Å². The lowest BCUT2D eigenvalue weighted by atomic mass is 9.64. The Morgan fingerprint density at radius 2 is 0.949 bits per heavy atom. The van der Waals surface area contributed by atoms with Crippen LogP contribution in [0.25, 0.3) is 89.0 Å². The predicted octanol–water partition coefficient (Wildman–Crippen LogP) is 13.8. The van der Waals surface area contributed by atoms with E-state index in [1.54, 1.807) is 0 Å². The van der Waals surface area contributed by atoms with Crippen molar-refractivity contribution in [3.05, 3.63) is 235 Å². The SMILES string of the molecule is c1ccc(-c2ccc(-n3c(-c4ccc(-c5cccc6c5C5(c7ccccc7-6)c6ccccc6-n6c7ccccc7c7cccc5c76)cc4)nc4ccccc43)cc2)cc1. The van der Waals surface area contributed by atoms with Gasteiger partial charge in [-0.25, -0.2) is 4.98 Å². The van der Waals surface area contributed by atoms with Crippen LogP contribution in [0.4, 0.5) is 0 Å². The van der Waals surface area contributed by atoms with E-state index in [1.807, 2.05) is 0 Å². The van der Waals surface area contributed by atoms with E-state index in [0.29, 0.717) is 0 Å². The maximum atomic E-state index is 5.24. The van der Waals surface area contributed by atoms with Crippen molar-refractivity contribution in [3.8, 4) is 56.1 Å². The molecule has 1 aliphatic carbocycles. The molecule has 3 nitrogen and oxygen atoms in total. The van der Waals surface area contributed by atoms with Crippen molar-refractivity contribution < 1.29 is 0 Å². The molecule has 59 heavy (non-hydrogen) atoms. The van der Waals surface area contributed by atoms with Gasteiger partial charge in [-0.1, -0.05) is 176 Å². The van der Waals surface area contributed by atoms with Crippen LogP contribution in [-0.4, -0.2) is 14.1 Å². The van der Waals surface area contributed by atoms with Gasteiger partial charge in [0, 0.05) is 22.0 Å². The molecule has 1 spiro atoms. The van der Waals surface area contributed by atoms with Crippen molar-refractivity contribution in [1.82, 2.24) is 14.1 Å². The molecule has 3 heteroatoms. The highest BCUT2D eigenvalue weighted by Crippen LogP contribution is 2.62. The predicted molar refractivity (Wildman–Crippen MR) is 243 cm³/mol. The molecule has 1 atom stereocenters. The topological polar surface area (TPSA) is 22.8 Å². The van der Waals surface area contributed by atoms with Crippen LogP contribution in [0.1, 0.15) is 22.3 Å². The van der Waals surface area contributed by atoms with Crippen molar-refractivity contribution in [3.63, 3.8) is 0 Å². The van der Waals surface area contributed by atoms with Crippen LogP contribution in [0.15, 0.2) is 212 Å². The molecular weight excluding hydrogens is 715 g/mol. The van der Waals surface area contributed by atoms with E-state index in [2.05, 4.69) is 221 Å². The number of aromatic nitrogens is 3. The Morgan fingerprint density at radius 3 is 1.81 bits per heavy atom. The molecular formula is C56H35N3. The second-order valence-corrected chi connectivity index (χ2v) is 15.8. The first-order chi connectivity index (χ1) is 29.3. The lowest BCUT2D eigenvalue weighted by molar-refractivity contribution is 0.750. The highest BCUT2D eigenvalue weighted by atomic mass is 15.1. The minimum atomic E-state index is -0.526. The van der Waals surface area contributed by atoms with Gasteiger partial charge in [0.15, 0.2) is 0 Å². The van der Waals surface area contributed by atoms with E-state index >= 15 is 0 Å². The monoisotopic (exact) mass is 749 g/mol. The summed E-state index contributed by atoms with van der Waals surface area (Å²) < 4.78 is 4.81. The van der Waals surface area contributed by atoms with Crippen LogP contribution < -0.4 is 0 Å². The molecule has 2 aliphatic rings. The number of nitrogens with zero attached hydrogens (tertiary/aromatic N) is 3. The second kappa shape index (κ2) is 12.1. The van der Waals surface area contributed by atoms with Gasteiger partial charge < -0.3 is 4.57 Å². The zero-order chi connectivity index (χ0) is 38.7. The van der Waals surface area contributed by atoms with E-state index in [1.165, 1.54) is 83.1 Å². The zero-order valence-corrected chi connectivity index (χ0v) is 32.0. The van der Waals surface area contributed by atoms with Gasteiger partial charge in [0.05, 0.1) is 33.2 Å². The molecule has 274 valence electrons. The van der Waals surface area contributed by atoms with E-state index in [9.17, 15) is 0 Å². The Hall–Kier alpha value is -7.75. The molecule has 3 heterocycles. The molecule has 0 amide bonds. The van der Waals surface area contributed by atoms with Crippen molar-refractivity contribution in [2.75, 3.05) is 0 Å². The maximum Gasteiger partial charge on any atom is 0.145 e. The van der Waals surface area contributed by atoms with Gasteiger partial charge in [-0.3, -0.25) is 4.57 Å². The number of para-hydroxylation sites is 5. The number of imidazole rings is 1. The summed E-state index contributed by atoms with van der Waals surface area (Å²) in [4.78, 5) is 5.24. The molecule has 0 bridgehead atoms.